The van der Waals surface area contributed by atoms with Crippen LogP contribution in [0.1, 0.15) is 54.0 Å². The van der Waals surface area contributed by atoms with Crippen LogP contribution in [0.15, 0.2) is 34.9 Å². The Morgan fingerprint density at radius 2 is 1.88 bits per heavy atom. The molecule has 0 aliphatic carbocycles. The molecule has 0 spiro atoms. The monoisotopic (exact) mass is 449 g/mol. The number of nitrogens with zero attached hydrogens (tertiary/aromatic N) is 4. The number of rotatable bonds is 6. The molecular weight excluding hydrogens is 418 g/mol. The first-order valence-corrected chi connectivity index (χ1v) is 11.5. The summed E-state index contributed by atoms with van der Waals surface area (Å²) >= 11 is 0. The van der Waals surface area contributed by atoms with Crippen molar-refractivity contribution >= 4 is 28.6 Å². The SMILES string of the molecule is CCc1ccccc1NC(=O)CN1CCN(C(=O)c2cc(C(C)C)nc3onc(C)c23)CC1. The van der Waals surface area contributed by atoms with E-state index in [-0.39, 0.29) is 17.7 Å². The van der Waals surface area contributed by atoms with Gasteiger partial charge in [0.15, 0.2) is 0 Å². The van der Waals surface area contributed by atoms with Gasteiger partial charge in [0.1, 0.15) is 0 Å². The normalized spacial score (nSPS) is 14.8. The highest BCUT2D eigenvalue weighted by molar-refractivity contribution is 6.06. The third-order valence-corrected chi connectivity index (χ3v) is 6.16. The maximum Gasteiger partial charge on any atom is 0.259 e. The lowest BCUT2D eigenvalue weighted by Crippen LogP contribution is -2.50. The van der Waals surface area contributed by atoms with E-state index in [0.717, 1.165) is 23.4 Å². The fourth-order valence-electron chi connectivity index (χ4n) is 4.20. The number of piperazine rings is 1. The molecule has 1 aliphatic rings. The first-order valence-electron chi connectivity index (χ1n) is 11.5. The highest BCUT2D eigenvalue weighted by Crippen LogP contribution is 2.26. The van der Waals surface area contributed by atoms with E-state index in [9.17, 15) is 9.59 Å². The molecule has 1 fully saturated rings. The molecule has 33 heavy (non-hydrogen) atoms. The molecule has 8 nitrogen and oxygen atoms in total. The van der Waals surface area contributed by atoms with Crippen LogP contribution in [0.25, 0.3) is 11.1 Å². The van der Waals surface area contributed by atoms with Crippen molar-refractivity contribution in [1.82, 2.24) is 19.9 Å². The van der Waals surface area contributed by atoms with Crippen LogP contribution in [0.2, 0.25) is 0 Å². The van der Waals surface area contributed by atoms with Gasteiger partial charge in [-0.05, 0) is 37.0 Å². The molecule has 0 radical (unpaired) electrons. The zero-order valence-corrected chi connectivity index (χ0v) is 19.7. The molecule has 0 bridgehead atoms. The van der Waals surface area contributed by atoms with Gasteiger partial charge in [-0.15, -0.1) is 0 Å². The average molecular weight is 450 g/mol. The number of para-hydroxylation sites is 1. The Kier molecular flexibility index (Phi) is 6.74. The van der Waals surface area contributed by atoms with Crippen molar-refractivity contribution in [2.24, 2.45) is 0 Å². The molecule has 2 aromatic heterocycles. The second kappa shape index (κ2) is 9.70. The van der Waals surface area contributed by atoms with Gasteiger partial charge in [0.2, 0.25) is 5.91 Å². The Hall–Kier alpha value is -3.26. The molecule has 0 atom stereocenters. The molecule has 0 saturated carbocycles. The molecule has 1 saturated heterocycles. The standard InChI is InChI=1S/C25H31N5O3/c1-5-18-8-6-7-9-20(18)26-22(31)15-29-10-12-30(13-11-29)25(32)19-14-21(16(2)3)27-24-23(19)17(4)28-33-24/h6-9,14,16H,5,10-13,15H2,1-4H3,(H,26,31). The Morgan fingerprint density at radius 3 is 2.58 bits per heavy atom. The summed E-state index contributed by atoms with van der Waals surface area (Å²) in [4.78, 5) is 34.4. The van der Waals surface area contributed by atoms with Gasteiger partial charge in [-0.3, -0.25) is 14.5 Å². The van der Waals surface area contributed by atoms with Crippen LogP contribution >= 0.6 is 0 Å². The minimum atomic E-state index is -0.0448. The fourth-order valence-corrected chi connectivity index (χ4v) is 4.20. The first kappa shape index (κ1) is 22.9. The molecule has 1 aromatic carbocycles. The van der Waals surface area contributed by atoms with Gasteiger partial charge in [0.05, 0.1) is 23.2 Å². The van der Waals surface area contributed by atoms with Gasteiger partial charge in [-0.2, -0.15) is 0 Å². The summed E-state index contributed by atoms with van der Waals surface area (Å²) in [6.07, 6.45) is 0.865. The number of benzene rings is 1. The van der Waals surface area contributed by atoms with Crippen LogP contribution in [-0.2, 0) is 11.2 Å². The molecular formula is C25H31N5O3. The number of pyridine rings is 1. The average Bonchev–Trinajstić information content (AvgIpc) is 3.19. The Balaban J connectivity index is 1.40. The van der Waals surface area contributed by atoms with Crippen molar-refractivity contribution in [2.45, 2.75) is 40.0 Å². The number of aromatic nitrogens is 2. The number of fused-ring (bicyclic) bond motifs is 1. The van der Waals surface area contributed by atoms with E-state index in [1.807, 2.05) is 56.0 Å². The van der Waals surface area contributed by atoms with Crippen molar-refractivity contribution < 1.29 is 14.1 Å². The van der Waals surface area contributed by atoms with Gasteiger partial charge >= 0.3 is 0 Å². The van der Waals surface area contributed by atoms with Crippen molar-refractivity contribution in [3.8, 4) is 0 Å². The lowest BCUT2D eigenvalue weighted by Gasteiger charge is -2.34. The maximum absolute atomic E-state index is 13.4. The molecule has 0 unspecified atom stereocenters. The topological polar surface area (TPSA) is 91.6 Å². The first-order chi connectivity index (χ1) is 15.9. The van der Waals surface area contributed by atoms with Crippen LogP contribution in [0.3, 0.4) is 0 Å². The van der Waals surface area contributed by atoms with Crippen LogP contribution in [-0.4, -0.2) is 64.5 Å². The third kappa shape index (κ3) is 4.90. The second-order valence-corrected chi connectivity index (χ2v) is 8.82. The summed E-state index contributed by atoms with van der Waals surface area (Å²) < 4.78 is 5.36. The smallest absolute Gasteiger partial charge is 0.259 e. The van der Waals surface area contributed by atoms with E-state index in [4.69, 9.17) is 4.52 Å². The minimum Gasteiger partial charge on any atom is -0.336 e. The van der Waals surface area contributed by atoms with Crippen LogP contribution in [0.4, 0.5) is 5.69 Å². The van der Waals surface area contributed by atoms with Crippen molar-refractivity contribution in [1.29, 1.82) is 0 Å². The number of aryl methyl sites for hydroxylation is 2. The largest absolute Gasteiger partial charge is 0.336 e. The van der Waals surface area contributed by atoms with Crippen LogP contribution < -0.4 is 5.32 Å². The molecule has 4 rings (SSSR count). The zero-order valence-electron chi connectivity index (χ0n) is 19.7. The quantitative estimate of drug-likeness (QED) is 0.618. The summed E-state index contributed by atoms with van der Waals surface area (Å²) in [5.41, 5.74) is 4.46. The molecule has 8 heteroatoms. The van der Waals surface area contributed by atoms with E-state index in [1.165, 1.54) is 0 Å². The Bertz CT molecular complexity index is 1160. The number of hydrogen-bond donors (Lipinski definition) is 1. The van der Waals surface area contributed by atoms with E-state index in [2.05, 4.69) is 27.3 Å². The molecule has 3 heterocycles. The Morgan fingerprint density at radius 1 is 1.15 bits per heavy atom. The van der Waals surface area contributed by atoms with Gasteiger partial charge in [0.25, 0.3) is 11.6 Å². The fraction of sp³-hybridized carbons (Fsp3) is 0.440. The van der Waals surface area contributed by atoms with E-state index in [1.54, 1.807) is 0 Å². The number of anilines is 1. The summed E-state index contributed by atoms with van der Waals surface area (Å²) in [6.45, 7) is 10.7. The van der Waals surface area contributed by atoms with Crippen molar-refractivity contribution in [3.05, 3.63) is 52.8 Å². The zero-order chi connectivity index (χ0) is 23.5. The van der Waals surface area contributed by atoms with Crippen LogP contribution in [0, 0.1) is 6.92 Å². The van der Waals surface area contributed by atoms with E-state index in [0.29, 0.717) is 55.1 Å². The van der Waals surface area contributed by atoms with Gasteiger partial charge in [-0.1, -0.05) is 44.1 Å². The van der Waals surface area contributed by atoms with Gasteiger partial charge in [-0.25, -0.2) is 4.98 Å². The van der Waals surface area contributed by atoms with E-state index >= 15 is 0 Å². The number of nitrogens with one attached hydrogen (secondary N) is 1. The maximum atomic E-state index is 13.4. The molecule has 2 amide bonds. The highest BCUT2D eigenvalue weighted by atomic mass is 16.5. The summed E-state index contributed by atoms with van der Waals surface area (Å²) in [5.74, 6) is 0.0873. The van der Waals surface area contributed by atoms with Gasteiger partial charge < -0.3 is 14.7 Å². The minimum absolute atomic E-state index is 0.0341. The molecule has 3 aromatic rings. The van der Waals surface area contributed by atoms with Crippen LogP contribution in [0.5, 0.6) is 0 Å². The van der Waals surface area contributed by atoms with Gasteiger partial charge in [0, 0.05) is 37.6 Å². The molecule has 1 aliphatic heterocycles. The summed E-state index contributed by atoms with van der Waals surface area (Å²) in [6, 6.07) is 9.73. The van der Waals surface area contributed by atoms with Crippen molar-refractivity contribution in [2.75, 3.05) is 38.0 Å². The lowest BCUT2D eigenvalue weighted by atomic mass is 10.0. The predicted octanol–water partition coefficient (Wildman–Crippen LogP) is 3.61. The molecule has 174 valence electrons. The summed E-state index contributed by atoms with van der Waals surface area (Å²) in [7, 11) is 0. The molecule has 1 N–H and O–H groups in total. The highest BCUT2D eigenvalue weighted by Gasteiger charge is 2.27. The lowest BCUT2D eigenvalue weighted by molar-refractivity contribution is -0.117. The summed E-state index contributed by atoms with van der Waals surface area (Å²) in [5, 5.41) is 7.72. The Labute approximate surface area is 193 Å². The third-order valence-electron chi connectivity index (χ3n) is 6.16. The van der Waals surface area contributed by atoms with Crippen molar-refractivity contribution in [3.63, 3.8) is 0 Å². The van der Waals surface area contributed by atoms with E-state index < -0.39 is 0 Å². The predicted molar refractivity (Wildman–Crippen MR) is 127 cm³/mol. The number of hydrogen-bond acceptors (Lipinski definition) is 6. The number of carbonyl (C=O) groups is 2. The number of carbonyl (C=O) groups excluding carboxylic acids is 2. The number of amides is 2. The second-order valence-electron chi connectivity index (χ2n) is 8.82.